The number of allylic oxidation sites excluding steroid dienone is 1. The number of hydrogen-bond acceptors (Lipinski definition) is 3. The molecular formula is C6H9NO2. The van der Waals surface area contributed by atoms with Gasteiger partial charge < -0.3 is 4.74 Å². The summed E-state index contributed by atoms with van der Waals surface area (Å²) in [7, 11) is 0. The van der Waals surface area contributed by atoms with Gasteiger partial charge in [0.05, 0.1) is 5.70 Å². The standard InChI is InChI=1S/C6H9NO2/c1-5-2-6(7-8)4-9-3-5/h2,4,7-8H,3H2,1H3. The largest absolute Gasteiger partial charge is 0.495 e. The average molecular weight is 127 g/mol. The van der Waals surface area contributed by atoms with Gasteiger partial charge in [-0.25, -0.2) is 0 Å². The molecule has 0 amide bonds. The molecule has 0 aromatic rings. The first-order valence-corrected chi connectivity index (χ1v) is 2.72. The van der Waals surface area contributed by atoms with Gasteiger partial charge in [0.1, 0.15) is 12.9 Å². The van der Waals surface area contributed by atoms with E-state index in [0.717, 1.165) is 5.57 Å². The Morgan fingerprint density at radius 1 is 1.78 bits per heavy atom. The number of nitrogens with one attached hydrogen (secondary N) is 1. The lowest BCUT2D eigenvalue weighted by molar-refractivity contribution is 0.188. The minimum atomic E-state index is 0.596. The summed E-state index contributed by atoms with van der Waals surface area (Å²) < 4.78 is 4.93. The van der Waals surface area contributed by atoms with Crippen molar-refractivity contribution in [3.8, 4) is 0 Å². The van der Waals surface area contributed by atoms with Crippen LogP contribution in [0.2, 0.25) is 0 Å². The molecule has 1 heterocycles. The van der Waals surface area contributed by atoms with Gasteiger partial charge >= 0.3 is 0 Å². The van der Waals surface area contributed by atoms with Crippen LogP contribution in [0.4, 0.5) is 0 Å². The molecule has 0 saturated carbocycles. The summed E-state index contributed by atoms with van der Waals surface area (Å²) in [4.78, 5) is 0. The van der Waals surface area contributed by atoms with E-state index < -0.39 is 0 Å². The van der Waals surface area contributed by atoms with Crippen molar-refractivity contribution in [3.05, 3.63) is 23.6 Å². The third-order valence-electron chi connectivity index (χ3n) is 1.05. The first kappa shape index (κ1) is 6.16. The van der Waals surface area contributed by atoms with E-state index in [9.17, 15) is 0 Å². The number of rotatable bonds is 1. The van der Waals surface area contributed by atoms with Crippen LogP contribution in [0.1, 0.15) is 6.92 Å². The zero-order valence-corrected chi connectivity index (χ0v) is 5.22. The molecule has 0 saturated heterocycles. The molecule has 0 radical (unpaired) electrons. The van der Waals surface area contributed by atoms with E-state index in [0.29, 0.717) is 12.3 Å². The highest BCUT2D eigenvalue weighted by Gasteiger charge is 1.98. The lowest BCUT2D eigenvalue weighted by Gasteiger charge is -2.09. The molecule has 0 aromatic heterocycles. The van der Waals surface area contributed by atoms with E-state index >= 15 is 0 Å². The van der Waals surface area contributed by atoms with Crippen LogP contribution in [0.15, 0.2) is 23.6 Å². The molecular weight excluding hydrogens is 118 g/mol. The number of hydroxylamine groups is 1. The average Bonchev–Trinajstić information content (AvgIpc) is 1.88. The molecule has 2 N–H and O–H groups in total. The summed E-state index contributed by atoms with van der Waals surface area (Å²) in [6.45, 7) is 2.55. The monoisotopic (exact) mass is 127 g/mol. The van der Waals surface area contributed by atoms with Crippen LogP contribution in [0.3, 0.4) is 0 Å². The van der Waals surface area contributed by atoms with Crippen LogP contribution in [0, 0.1) is 0 Å². The van der Waals surface area contributed by atoms with Crippen molar-refractivity contribution in [3.63, 3.8) is 0 Å². The molecule has 1 rings (SSSR count). The van der Waals surface area contributed by atoms with Crippen LogP contribution in [-0.2, 0) is 4.74 Å². The Kier molecular flexibility index (Phi) is 1.75. The Morgan fingerprint density at radius 3 is 3.00 bits per heavy atom. The molecule has 0 aliphatic carbocycles. The minimum Gasteiger partial charge on any atom is -0.495 e. The summed E-state index contributed by atoms with van der Waals surface area (Å²) in [5, 5.41) is 8.37. The van der Waals surface area contributed by atoms with Gasteiger partial charge in [0.15, 0.2) is 0 Å². The van der Waals surface area contributed by atoms with Crippen molar-refractivity contribution in [1.82, 2.24) is 5.48 Å². The molecule has 0 fully saturated rings. The third-order valence-corrected chi connectivity index (χ3v) is 1.05. The Morgan fingerprint density at radius 2 is 2.56 bits per heavy atom. The molecule has 1 aliphatic heterocycles. The normalized spacial score (nSPS) is 17.6. The number of hydrogen-bond donors (Lipinski definition) is 2. The Bertz CT molecular complexity index is 160. The molecule has 0 spiro atoms. The van der Waals surface area contributed by atoms with Crippen LogP contribution in [-0.4, -0.2) is 11.8 Å². The van der Waals surface area contributed by atoms with Crippen molar-refractivity contribution in [2.24, 2.45) is 0 Å². The summed E-state index contributed by atoms with van der Waals surface area (Å²) in [6, 6.07) is 0. The summed E-state index contributed by atoms with van der Waals surface area (Å²) in [6.07, 6.45) is 3.30. The second kappa shape index (κ2) is 2.55. The summed E-state index contributed by atoms with van der Waals surface area (Å²) >= 11 is 0. The summed E-state index contributed by atoms with van der Waals surface area (Å²) in [5.41, 5.74) is 3.68. The predicted molar refractivity (Wildman–Crippen MR) is 32.7 cm³/mol. The fourth-order valence-electron chi connectivity index (χ4n) is 0.663. The van der Waals surface area contributed by atoms with Crippen molar-refractivity contribution < 1.29 is 9.94 Å². The summed E-state index contributed by atoms with van der Waals surface area (Å²) in [5.74, 6) is 0. The van der Waals surface area contributed by atoms with E-state index in [4.69, 9.17) is 9.94 Å². The SMILES string of the molecule is CC1=CC(NO)=COC1. The second-order valence-electron chi connectivity index (χ2n) is 1.99. The number of ether oxygens (including phenoxy) is 1. The first-order chi connectivity index (χ1) is 4.33. The van der Waals surface area contributed by atoms with Gasteiger partial charge in [-0.15, -0.1) is 0 Å². The van der Waals surface area contributed by atoms with Crippen LogP contribution in [0.25, 0.3) is 0 Å². The topological polar surface area (TPSA) is 41.5 Å². The molecule has 1 aliphatic rings. The molecule has 0 bridgehead atoms. The van der Waals surface area contributed by atoms with Crippen molar-refractivity contribution in [2.45, 2.75) is 6.92 Å². The third kappa shape index (κ3) is 1.47. The molecule has 3 heteroatoms. The fourth-order valence-corrected chi connectivity index (χ4v) is 0.663. The maximum absolute atomic E-state index is 8.37. The van der Waals surface area contributed by atoms with Gasteiger partial charge in [-0.3, -0.25) is 10.7 Å². The minimum absolute atomic E-state index is 0.596. The Hall–Kier alpha value is -0.960. The molecule has 0 aromatic carbocycles. The molecule has 0 unspecified atom stereocenters. The highest BCUT2D eigenvalue weighted by atomic mass is 16.5. The zero-order chi connectivity index (χ0) is 6.69. The quantitative estimate of drug-likeness (QED) is 0.511. The lowest BCUT2D eigenvalue weighted by atomic mass is 10.2. The van der Waals surface area contributed by atoms with Crippen molar-refractivity contribution >= 4 is 0 Å². The van der Waals surface area contributed by atoms with Gasteiger partial charge in [-0.05, 0) is 18.6 Å². The fraction of sp³-hybridized carbons (Fsp3) is 0.333. The smallest absolute Gasteiger partial charge is 0.109 e. The van der Waals surface area contributed by atoms with Crippen molar-refractivity contribution in [2.75, 3.05) is 6.61 Å². The Labute approximate surface area is 53.6 Å². The van der Waals surface area contributed by atoms with Crippen molar-refractivity contribution in [1.29, 1.82) is 0 Å². The van der Waals surface area contributed by atoms with Gasteiger partial charge in [-0.1, -0.05) is 0 Å². The van der Waals surface area contributed by atoms with Gasteiger partial charge in [-0.2, -0.15) is 0 Å². The zero-order valence-electron chi connectivity index (χ0n) is 5.22. The molecule has 0 atom stereocenters. The van der Waals surface area contributed by atoms with Gasteiger partial charge in [0, 0.05) is 0 Å². The van der Waals surface area contributed by atoms with Gasteiger partial charge in [0.2, 0.25) is 0 Å². The van der Waals surface area contributed by atoms with Crippen LogP contribution < -0.4 is 5.48 Å². The van der Waals surface area contributed by atoms with E-state index in [2.05, 4.69) is 0 Å². The van der Waals surface area contributed by atoms with E-state index in [1.54, 1.807) is 0 Å². The highest BCUT2D eigenvalue weighted by molar-refractivity contribution is 5.21. The van der Waals surface area contributed by atoms with Gasteiger partial charge in [0.25, 0.3) is 0 Å². The van der Waals surface area contributed by atoms with E-state index in [1.165, 1.54) is 6.26 Å². The Balaban J connectivity index is 2.63. The maximum Gasteiger partial charge on any atom is 0.109 e. The molecule has 9 heavy (non-hydrogen) atoms. The van der Waals surface area contributed by atoms with E-state index in [1.807, 2.05) is 18.5 Å². The molecule has 50 valence electrons. The predicted octanol–water partition coefficient (Wildman–Crippen LogP) is 0.783. The van der Waals surface area contributed by atoms with Crippen LogP contribution in [0.5, 0.6) is 0 Å². The first-order valence-electron chi connectivity index (χ1n) is 2.72. The lowest BCUT2D eigenvalue weighted by Crippen LogP contribution is -2.09. The molecule has 3 nitrogen and oxygen atoms in total. The van der Waals surface area contributed by atoms with E-state index in [-0.39, 0.29) is 0 Å². The second-order valence-corrected chi connectivity index (χ2v) is 1.99. The highest BCUT2D eigenvalue weighted by Crippen LogP contribution is 2.05. The maximum atomic E-state index is 8.37. The van der Waals surface area contributed by atoms with Crippen LogP contribution >= 0.6 is 0 Å².